The van der Waals surface area contributed by atoms with Gasteiger partial charge in [0.2, 0.25) is 5.89 Å². The number of hydrogen-bond acceptors (Lipinski definition) is 4. The van der Waals surface area contributed by atoms with Gasteiger partial charge in [-0.25, -0.2) is 0 Å². The number of unbranched alkanes of at least 4 members (excludes halogenated alkanes) is 1. The van der Waals surface area contributed by atoms with Crippen molar-refractivity contribution >= 4 is 0 Å². The molecule has 1 atom stereocenters. The molecule has 0 amide bonds. The fraction of sp³-hybridized carbons (Fsp3) is 0.500. The van der Waals surface area contributed by atoms with E-state index in [-0.39, 0.29) is 0 Å². The lowest BCUT2D eigenvalue weighted by Crippen LogP contribution is -2.24. The molecule has 0 saturated heterocycles. The summed E-state index contributed by atoms with van der Waals surface area (Å²) >= 11 is 0. The highest BCUT2D eigenvalue weighted by molar-refractivity contribution is 5.18. The van der Waals surface area contributed by atoms with Crippen molar-refractivity contribution in [1.29, 1.82) is 0 Å². The first kappa shape index (κ1) is 14.7. The number of benzene rings is 1. The Morgan fingerprint density at radius 1 is 1.25 bits per heavy atom. The maximum atomic E-state index is 4.98. The zero-order valence-corrected chi connectivity index (χ0v) is 12.3. The lowest BCUT2D eigenvalue weighted by atomic mass is 10.0. The molecule has 0 saturated carbocycles. The SMILES string of the molecule is CCCCC(NCCc1noc(C)n1)c1ccccc1. The molecule has 0 aliphatic rings. The van der Waals surface area contributed by atoms with E-state index in [1.807, 2.05) is 6.92 Å². The molecule has 4 heteroatoms. The van der Waals surface area contributed by atoms with Gasteiger partial charge in [0, 0.05) is 25.9 Å². The van der Waals surface area contributed by atoms with E-state index in [2.05, 4.69) is 52.7 Å². The van der Waals surface area contributed by atoms with Crippen LogP contribution in [0.25, 0.3) is 0 Å². The van der Waals surface area contributed by atoms with Gasteiger partial charge in [-0.15, -0.1) is 0 Å². The maximum absolute atomic E-state index is 4.98. The van der Waals surface area contributed by atoms with E-state index in [1.165, 1.54) is 18.4 Å². The first-order valence-corrected chi connectivity index (χ1v) is 7.37. The van der Waals surface area contributed by atoms with Crippen molar-refractivity contribution in [2.75, 3.05) is 6.54 Å². The summed E-state index contributed by atoms with van der Waals surface area (Å²) in [4.78, 5) is 4.22. The van der Waals surface area contributed by atoms with Crippen LogP contribution >= 0.6 is 0 Å². The van der Waals surface area contributed by atoms with E-state index in [0.717, 1.165) is 25.2 Å². The van der Waals surface area contributed by atoms with Crippen molar-refractivity contribution in [3.63, 3.8) is 0 Å². The second-order valence-electron chi connectivity index (χ2n) is 5.04. The zero-order valence-electron chi connectivity index (χ0n) is 12.3. The van der Waals surface area contributed by atoms with Crippen LogP contribution in [0.4, 0.5) is 0 Å². The smallest absolute Gasteiger partial charge is 0.223 e. The number of nitrogens with zero attached hydrogens (tertiary/aromatic N) is 2. The number of aromatic nitrogens is 2. The molecule has 0 aliphatic heterocycles. The van der Waals surface area contributed by atoms with E-state index >= 15 is 0 Å². The zero-order chi connectivity index (χ0) is 14.2. The Hall–Kier alpha value is -1.68. The minimum atomic E-state index is 0.407. The van der Waals surface area contributed by atoms with E-state index in [9.17, 15) is 0 Å². The van der Waals surface area contributed by atoms with E-state index < -0.39 is 0 Å². The van der Waals surface area contributed by atoms with Crippen LogP contribution in [0.5, 0.6) is 0 Å². The predicted octanol–water partition coefficient (Wildman–Crippen LogP) is 3.44. The Balaban J connectivity index is 1.87. The van der Waals surface area contributed by atoms with E-state index in [0.29, 0.717) is 11.9 Å². The van der Waals surface area contributed by atoms with Crippen LogP contribution in [0.3, 0.4) is 0 Å². The van der Waals surface area contributed by atoms with Gasteiger partial charge in [0.1, 0.15) is 0 Å². The summed E-state index contributed by atoms with van der Waals surface area (Å²) in [7, 11) is 0. The molecule has 0 radical (unpaired) electrons. The molecule has 1 aromatic carbocycles. The molecular weight excluding hydrogens is 250 g/mol. The van der Waals surface area contributed by atoms with Gasteiger partial charge in [-0.05, 0) is 12.0 Å². The largest absolute Gasteiger partial charge is 0.340 e. The van der Waals surface area contributed by atoms with Gasteiger partial charge in [-0.2, -0.15) is 4.98 Å². The van der Waals surface area contributed by atoms with Gasteiger partial charge in [0.15, 0.2) is 5.82 Å². The second kappa shape index (κ2) is 7.80. The molecule has 1 unspecified atom stereocenters. The molecule has 20 heavy (non-hydrogen) atoms. The number of nitrogens with one attached hydrogen (secondary N) is 1. The Bertz CT molecular complexity index is 495. The summed E-state index contributed by atoms with van der Waals surface area (Å²) in [5, 5.41) is 7.53. The van der Waals surface area contributed by atoms with Crippen molar-refractivity contribution < 1.29 is 4.52 Å². The monoisotopic (exact) mass is 273 g/mol. The standard InChI is InChI=1S/C16H23N3O/c1-3-4-10-15(14-8-6-5-7-9-14)17-12-11-16-18-13(2)20-19-16/h5-9,15,17H,3-4,10-12H2,1-2H3. The average Bonchev–Trinajstić information content (AvgIpc) is 2.89. The fourth-order valence-electron chi connectivity index (χ4n) is 2.28. The molecule has 1 N–H and O–H groups in total. The molecule has 0 fully saturated rings. The van der Waals surface area contributed by atoms with Gasteiger partial charge >= 0.3 is 0 Å². The van der Waals surface area contributed by atoms with Crippen LogP contribution in [0, 0.1) is 6.92 Å². The highest BCUT2D eigenvalue weighted by Crippen LogP contribution is 2.19. The van der Waals surface area contributed by atoms with Gasteiger partial charge < -0.3 is 9.84 Å². The topological polar surface area (TPSA) is 51.0 Å². The minimum absolute atomic E-state index is 0.407. The third kappa shape index (κ3) is 4.46. The van der Waals surface area contributed by atoms with E-state index in [1.54, 1.807) is 0 Å². The molecule has 0 bridgehead atoms. The van der Waals surface area contributed by atoms with Crippen LogP contribution in [0.1, 0.15) is 49.5 Å². The summed E-state index contributed by atoms with van der Waals surface area (Å²) in [5.41, 5.74) is 1.35. The van der Waals surface area contributed by atoms with Gasteiger partial charge in [0.05, 0.1) is 0 Å². The van der Waals surface area contributed by atoms with Gasteiger partial charge in [-0.3, -0.25) is 0 Å². The van der Waals surface area contributed by atoms with Gasteiger partial charge in [-0.1, -0.05) is 55.3 Å². The normalized spacial score (nSPS) is 12.5. The summed E-state index contributed by atoms with van der Waals surface area (Å²) in [6.07, 6.45) is 4.40. The highest BCUT2D eigenvalue weighted by atomic mass is 16.5. The summed E-state index contributed by atoms with van der Waals surface area (Å²) < 4.78 is 4.98. The van der Waals surface area contributed by atoms with E-state index in [4.69, 9.17) is 4.52 Å². The summed E-state index contributed by atoms with van der Waals surface area (Å²) in [5.74, 6) is 1.41. The third-order valence-electron chi connectivity index (χ3n) is 3.36. The Morgan fingerprint density at radius 2 is 2.05 bits per heavy atom. The van der Waals surface area contributed by atoms with Crippen molar-refractivity contribution in [3.8, 4) is 0 Å². The van der Waals surface area contributed by atoms with Crippen LogP contribution in [0.15, 0.2) is 34.9 Å². The number of rotatable bonds is 8. The molecule has 4 nitrogen and oxygen atoms in total. The molecule has 108 valence electrons. The number of aryl methyl sites for hydroxylation is 1. The molecule has 0 aliphatic carbocycles. The van der Waals surface area contributed by atoms with Crippen LogP contribution in [-0.2, 0) is 6.42 Å². The molecule has 0 spiro atoms. The maximum Gasteiger partial charge on any atom is 0.223 e. The third-order valence-corrected chi connectivity index (χ3v) is 3.36. The van der Waals surface area contributed by atoms with Crippen LogP contribution in [0.2, 0.25) is 0 Å². The first-order valence-electron chi connectivity index (χ1n) is 7.37. The highest BCUT2D eigenvalue weighted by Gasteiger charge is 2.10. The van der Waals surface area contributed by atoms with Crippen molar-refractivity contribution in [2.45, 2.75) is 45.6 Å². The van der Waals surface area contributed by atoms with Crippen LogP contribution in [-0.4, -0.2) is 16.7 Å². The molecule has 1 aromatic heterocycles. The Labute approximate surface area is 120 Å². The van der Waals surface area contributed by atoms with Crippen molar-refractivity contribution in [3.05, 3.63) is 47.6 Å². The van der Waals surface area contributed by atoms with Crippen molar-refractivity contribution in [2.24, 2.45) is 0 Å². The predicted molar refractivity (Wildman–Crippen MR) is 79.4 cm³/mol. The summed E-state index contributed by atoms with van der Waals surface area (Å²) in [6, 6.07) is 11.0. The first-order chi connectivity index (χ1) is 9.79. The Kier molecular flexibility index (Phi) is 5.74. The summed E-state index contributed by atoms with van der Waals surface area (Å²) in [6.45, 7) is 4.91. The Morgan fingerprint density at radius 3 is 2.70 bits per heavy atom. The lowest BCUT2D eigenvalue weighted by molar-refractivity contribution is 0.385. The van der Waals surface area contributed by atoms with Crippen LogP contribution < -0.4 is 5.32 Å². The molecule has 2 rings (SSSR count). The molecule has 1 heterocycles. The van der Waals surface area contributed by atoms with Crippen molar-refractivity contribution in [1.82, 2.24) is 15.5 Å². The quantitative estimate of drug-likeness (QED) is 0.800. The van der Waals surface area contributed by atoms with Gasteiger partial charge in [0.25, 0.3) is 0 Å². The fourth-order valence-corrected chi connectivity index (χ4v) is 2.28. The molecule has 2 aromatic rings. The number of hydrogen-bond donors (Lipinski definition) is 1. The second-order valence-corrected chi connectivity index (χ2v) is 5.04. The minimum Gasteiger partial charge on any atom is -0.340 e. The molecular formula is C16H23N3O. The average molecular weight is 273 g/mol. The lowest BCUT2D eigenvalue weighted by Gasteiger charge is -2.18.